The van der Waals surface area contributed by atoms with E-state index in [2.05, 4.69) is 17.1 Å². The predicted molar refractivity (Wildman–Crippen MR) is 73.1 cm³/mol. The first-order valence-electron chi connectivity index (χ1n) is 7.47. The minimum Gasteiger partial charge on any atom is -0.329 e. The van der Waals surface area contributed by atoms with Crippen LogP contribution in [-0.4, -0.2) is 43.2 Å². The molecule has 0 atom stereocenters. The quantitative estimate of drug-likeness (QED) is 0.782. The van der Waals surface area contributed by atoms with Crippen LogP contribution in [0, 0.1) is 5.92 Å². The number of nitrogens with one attached hydrogen (secondary N) is 1. The molecule has 0 aromatic carbocycles. The Bertz CT molecular complexity index is 204. The van der Waals surface area contributed by atoms with Gasteiger partial charge in [-0.05, 0) is 57.5 Å². The van der Waals surface area contributed by atoms with Crippen LogP contribution in [-0.2, 0) is 0 Å². The molecule has 3 N–H and O–H groups in total. The van der Waals surface area contributed by atoms with Gasteiger partial charge < -0.3 is 16.0 Å². The van der Waals surface area contributed by atoms with E-state index in [-0.39, 0.29) is 0 Å². The smallest absolute Gasteiger partial charge is 0.00954 e. The standard InChI is InChI=1S/C14H29N3/c1-12-2-4-14(5-3-12)17-10-6-13(7-11-17)16-9-8-15/h12-14,16H,2-11,15H2,1H3. The van der Waals surface area contributed by atoms with E-state index in [1.807, 2.05) is 0 Å². The van der Waals surface area contributed by atoms with Crippen molar-refractivity contribution in [2.75, 3.05) is 26.2 Å². The number of likely N-dealkylation sites (tertiary alicyclic amines) is 1. The Kier molecular flexibility index (Phi) is 5.26. The predicted octanol–water partition coefficient (Wildman–Crippen LogP) is 1.58. The Morgan fingerprint density at radius 2 is 1.71 bits per heavy atom. The van der Waals surface area contributed by atoms with Crippen LogP contribution in [0.1, 0.15) is 45.4 Å². The van der Waals surface area contributed by atoms with Crippen molar-refractivity contribution in [1.82, 2.24) is 10.2 Å². The van der Waals surface area contributed by atoms with E-state index in [0.717, 1.165) is 31.1 Å². The van der Waals surface area contributed by atoms with Gasteiger partial charge in [-0.3, -0.25) is 0 Å². The van der Waals surface area contributed by atoms with Gasteiger partial charge in [0.25, 0.3) is 0 Å². The van der Waals surface area contributed by atoms with Crippen LogP contribution in [0.5, 0.6) is 0 Å². The molecule has 1 aliphatic heterocycles. The summed E-state index contributed by atoms with van der Waals surface area (Å²) in [6, 6.07) is 1.61. The Morgan fingerprint density at radius 3 is 2.29 bits per heavy atom. The summed E-state index contributed by atoms with van der Waals surface area (Å²) in [4.78, 5) is 2.74. The lowest BCUT2D eigenvalue weighted by atomic mass is 9.85. The molecule has 0 aromatic heterocycles. The first kappa shape index (κ1) is 13.3. The molecule has 2 aliphatic rings. The number of piperidine rings is 1. The van der Waals surface area contributed by atoms with Gasteiger partial charge in [0.05, 0.1) is 0 Å². The number of hydrogen-bond donors (Lipinski definition) is 2. The fourth-order valence-electron chi connectivity index (χ4n) is 3.36. The van der Waals surface area contributed by atoms with Crippen molar-refractivity contribution < 1.29 is 0 Å². The molecule has 2 fully saturated rings. The third-order valence-electron chi connectivity index (χ3n) is 4.61. The fourth-order valence-corrected chi connectivity index (χ4v) is 3.36. The van der Waals surface area contributed by atoms with Gasteiger partial charge in [-0.25, -0.2) is 0 Å². The fraction of sp³-hybridized carbons (Fsp3) is 1.00. The summed E-state index contributed by atoms with van der Waals surface area (Å²) in [5.74, 6) is 0.968. The lowest BCUT2D eigenvalue weighted by Gasteiger charge is -2.40. The molecular weight excluding hydrogens is 210 g/mol. The molecular formula is C14H29N3. The Morgan fingerprint density at radius 1 is 1.06 bits per heavy atom. The van der Waals surface area contributed by atoms with Gasteiger partial charge in [-0.2, -0.15) is 0 Å². The monoisotopic (exact) mass is 239 g/mol. The number of rotatable bonds is 4. The third-order valence-corrected chi connectivity index (χ3v) is 4.61. The van der Waals surface area contributed by atoms with Gasteiger partial charge >= 0.3 is 0 Å². The molecule has 1 saturated heterocycles. The molecule has 0 amide bonds. The minimum atomic E-state index is 0.720. The largest absolute Gasteiger partial charge is 0.329 e. The Labute approximate surface area is 106 Å². The average molecular weight is 239 g/mol. The summed E-state index contributed by atoms with van der Waals surface area (Å²) in [6.45, 7) is 6.73. The number of nitrogens with zero attached hydrogens (tertiary/aromatic N) is 1. The van der Waals surface area contributed by atoms with Crippen LogP contribution in [0.3, 0.4) is 0 Å². The molecule has 3 heteroatoms. The topological polar surface area (TPSA) is 41.3 Å². The maximum absolute atomic E-state index is 5.53. The zero-order valence-corrected chi connectivity index (χ0v) is 11.3. The third kappa shape index (κ3) is 3.94. The summed E-state index contributed by atoms with van der Waals surface area (Å²) in [6.07, 6.45) is 8.37. The summed E-state index contributed by atoms with van der Waals surface area (Å²) in [5, 5.41) is 3.55. The van der Waals surface area contributed by atoms with Crippen molar-refractivity contribution in [2.24, 2.45) is 11.7 Å². The molecule has 100 valence electrons. The maximum Gasteiger partial charge on any atom is 0.00954 e. The first-order valence-corrected chi connectivity index (χ1v) is 7.47. The molecule has 1 heterocycles. The summed E-state index contributed by atoms with van der Waals surface area (Å²) in [5.41, 5.74) is 5.53. The maximum atomic E-state index is 5.53. The van der Waals surface area contributed by atoms with E-state index >= 15 is 0 Å². The van der Waals surface area contributed by atoms with Crippen LogP contribution in [0.25, 0.3) is 0 Å². The normalized spacial score (nSPS) is 32.8. The zero-order chi connectivity index (χ0) is 12.1. The van der Waals surface area contributed by atoms with E-state index in [9.17, 15) is 0 Å². The number of nitrogens with two attached hydrogens (primary N) is 1. The van der Waals surface area contributed by atoms with E-state index in [1.165, 1.54) is 51.6 Å². The SMILES string of the molecule is CC1CCC(N2CCC(NCCN)CC2)CC1. The van der Waals surface area contributed by atoms with Crippen molar-refractivity contribution in [3.63, 3.8) is 0 Å². The molecule has 0 radical (unpaired) electrons. The van der Waals surface area contributed by atoms with Crippen molar-refractivity contribution in [2.45, 2.75) is 57.5 Å². The molecule has 2 rings (SSSR count). The van der Waals surface area contributed by atoms with Crippen LogP contribution in [0.4, 0.5) is 0 Å². The van der Waals surface area contributed by atoms with Gasteiger partial charge in [0.15, 0.2) is 0 Å². The van der Waals surface area contributed by atoms with Gasteiger partial charge in [0.1, 0.15) is 0 Å². The van der Waals surface area contributed by atoms with Crippen LogP contribution in [0.15, 0.2) is 0 Å². The Balaban J connectivity index is 1.68. The zero-order valence-electron chi connectivity index (χ0n) is 11.3. The lowest BCUT2D eigenvalue weighted by Crippen LogP contribution is -2.48. The highest BCUT2D eigenvalue weighted by molar-refractivity contribution is 4.84. The molecule has 17 heavy (non-hydrogen) atoms. The molecule has 1 aliphatic carbocycles. The van der Waals surface area contributed by atoms with Crippen LogP contribution < -0.4 is 11.1 Å². The van der Waals surface area contributed by atoms with Crippen molar-refractivity contribution in [3.05, 3.63) is 0 Å². The second-order valence-corrected chi connectivity index (χ2v) is 5.97. The van der Waals surface area contributed by atoms with Crippen molar-refractivity contribution >= 4 is 0 Å². The lowest BCUT2D eigenvalue weighted by molar-refractivity contribution is 0.105. The molecule has 3 nitrogen and oxygen atoms in total. The highest BCUT2D eigenvalue weighted by Gasteiger charge is 2.27. The van der Waals surface area contributed by atoms with E-state index < -0.39 is 0 Å². The van der Waals surface area contributed by atoms with Crippen molar-refractivity contribution in [3.8, 4) is 0 Å². The Hall–Kier alpha value is -0.120. The molecule has 0 spiro atoms. The number of hydrogen-bond acceptors (Lipinski definition) is 3. The van der Waals surface area contributed by atoms with Crippen LogP contribution >= 0.6 is 0 Å². The van der Waals surface area contributed by atoms with E-state index in [0.29, 0.717) is 0 Å². The molecule has 0 bridgehead atoms. The van der Waals surface area contributed by atoms with Crippen molar-refractivity contribution in [1.29, 1.82) is 0 Å². The highest BCUT2D eigenvalue weighted by Crippen LogP contribution is 2.28. The second-order valence-electron chi connectivity index (χ2n) is 5.97. The molecule has 1 saturated carbocycles. The highest BCUT2D eigenvalue weighted by atomic mass is 15.2. The van der Waals surface area contributed by atoms with E-state index in [1.54, 1.807) is 0 Å². The average Bonchev–Trinajstić information content (AvgIpc) is 2.38. The second kappa shape index (κ2) is 6.72. The van der Waals surface area contributed by atoms with Gasteiger partial charge in [-0.1, -0.05) is 6.92 Å². The minimum absolute atomic E-state index is 0.720. The van der Waals surface area contributed by atoms with Gasteiger partial charge in [0, 0.05) is 25.2 Å². The van der Waals surface area contributed by atoms with Gasteiger partial charge in [-0.15, -0.1) is 0 Å². The summed E-state index contributed by atoms with van der Waals surface area (Å²) >= 11 is 0. The summed E-state index contributed by atoms with van der Waals surface area (Å²) in [7, 11) is 0. The summed E-state index contributed by atoms with van der Waals surface area (Å²) < 4.78 is 0. The van der Waals surface area contributed by atoms with E-state index in [4.69, 9.17) is 5.73 Å². The first-order chi connectivity index (χ1) is 8.29. The molecule has 0 aromatic rings. The molecule has 0 unspecified atom stereocenters. The van der Waals surface area contributed by atoms with Crippen LogP contribution in [0.2, 0.25) is 0 Å². The van der Waals surface area contributed by atoms with Gasteiger partial charge in [0.2, 0.25) is 0 Å².